The quantitative estimate of drug-likeness (QED) is 0.413. The predicted molar refractivity (Wildman–Crippen MR) is 126 cm³/mol. The van der Waals surface area contributed by atoms with Crippen molar-refractivity contribution in [3.8, 4) is 0 Å². The summed E-state index contributed by atoms with van der Waals surface area (Å²) in [5.74, 6) is -0.634. The SMILES string of the molecule is Cc1ccc2[nH]c(C(=O)NCc3c(C)nn(C)c3C)c(NC(=O)c3ccc(Cl)cc3)c2c1. The minimum atomic E-state index is -0.322. The minimum absolute atomic E-state index is 0.298. The van der Waals surface area contributed by atoms with Crippen molar-refractivity contribution in [3.63, 3.8) is 0 Å². The summed E-state index contributed by atoms with van der Waals surface area (Å²) in [6.07, 6.45) is 0. The molecule has 8 heteroatoms. The van der Waals surface area contributed by atoms with Crippen molar-refractivity contribution in [1.29, 1.82) is 0 Å². The maximum atomic E-state index is 13.1. The summed E-state index contributed by atoms with van der Waals surface area (Å²) < 4.78 is 1.79. The highest BCUT2D eigenvalue weighted by Crippen LogP contribution is 2.29. The number of halogens is 1. The van der Waals surface area contributed by atoms with E-state index in [1.165, 1.54) is 0 Å². The van der Waals surface area contributed by atoms with E-state index >= 15 is 0 Å². The molecule has 2 amide bonds. The van der Waals surface area contributed by atoms with E-state index in [0.29, 0.717) is 28.5 Å². The van der Waals surface area contributed by atoms with Gasteiger partial charge in [-0.1, -0.05) is 23.2 Å². The molecule has 0 aliphatic carbocycles. The van der Waals surface area contributed by atoms with Crippen LogP contribution in [0.2, 0.25) is 5.02 Å². The first-order valence-corrected chi connectivity index (χ1v) is 10.6. The fourth-order valence-electron chi connectivity index (χ4n) is 3.72. The molecule has 0 aliphatic rings. The monoisotopic (exact) mass is 449 g/mol. The second kappa shape index (κ2) is 8.51. The van der Waals surface area contributed by atoms with Crippen LogP contribution in [-0.4, -0.2) is 26.6 Å². The lowest BCUT2D eigenvalue weighted by Gasteiger charge is -2.09. The van der Waals surface area contributed by atoms with Gasteiger partial charge in [0.25, 0.3) is 11.8 Å². The van der Waals surface area contributed by atoms with Crippen molar-refractivity contribution in [1.82, 2.24) is 20.1 Å². The van der Waals surface area contributed by atoms with E-state index in [-0.39, 0.29) is 11.8 Å². The Labute approximate surface area is 190 Å². The number of nitrogens with zero attached hydrogens (tertiary/aromatic N) is 2. The zero-order valence-electron chi connectivity index (χ0n) is 18.3. The molecule has 32 heavy (non-hydrogen) atoms. The van der Waals surface area contributed by atoms with Crippen molar-refractivity contribution in [2.24, 2.45) is 7.05 Å². The van der Waals surface area contributed by atoms with Crippen molar-refractivity contribution < 1.29 is 9.59 Å². The lowest BCUT2D eigenvalue weighted by Crippen LogP contribution is -2.25. The van der Waals surface area contributed by atoms with Crippen LogP contribution in [0.5, 0.6) is 0 Å². The molecule has 2 heterocycles. The molecule has 2 aromatic heterocycles. The molecule has 3 N–H and O–H groups in total. The van der Waals surface area contributed by atoms with Crippen LogP contribution in [0, 0.1) is 20.8 Å². The molecule has 0 atom stereocenters. The summed E-state index contributed by atoms with van der Waals surface area (Å²) in [5, 5.41) is 11.6. The van der Waals surface area contributed by atoms with Crippen LogP contribution in [0.25, 0.3) is 10.9 Å². The maximum Gasteiger partial charge on any atom is 0.270 e. The van der Waals surface area contributed by atoms with Gasteiger partial charge in [-0.05, 0) is 57.2 Å². The number of carbonyl (C=O) groups excluding carboxylic acids is 2. The number of nitrogens with one attached hydrogen (secondary N) is 3. The smallest absolute Gasteiger partial charge is 0.270 e. The highest BCUT2D eigenvalue weighted by molar-refractivity contribution is 6.30. The molecule has 0 aliphatic heterocycles. The van der Waals surface area contributed by atoms with Gasteiger partial charge in [-0.2, -0.15) is 5.10 Å². The molecule has 0 unspecified atom stereocenters. The molecule has 0 radical (unpaired) electrons. The Morgan fingerprint density at radius 3 is 2.44 bits per heavy atom. The zero-order valence-corrected chi connectivity index (χ0v) is 19.1. The third-order valence-corrected chi connectivity index (χ3v) is 5.86. The molecule has 4 rings (SSSR count). The fraction of sp³-hybridized carbons (Fsp3) is 0.208. The van der Waals surface area contributed by atoms with Gasteiger partial charge in [0.15, 0.2) is 0 Å². The van der Waals surface area contributed by atoms with Crippen molar-refractivity contribution in [2.45, 2.75) is 27.3 Å². The van der Waals surface area contributed by atoms with Crippen LogP contribution in [0.1, 0.15) is 43.4 Å². The van der Waals surface area contributed by atoms with Crippen LogP contribution in [-0.2, 0) is 13.6 Å². The van der Waals surface area contributed by atoms with Crippen LogP contribution in [0.15, 0.2) is 42.5 Å². The number of carbonyl (C=O) groups is 2. The first-order chi connectivity index (χ1) is 15.2. The van der Waals surface area contributed by atoms with E-state index in [0.717, 1.165) is 33.4 Å². The number of aromatic nitrogens is 3. The number of fused-ring (bicyclic) bond motifs is 1. The van der Waals surface area contributed by atoms with Gasteiger partial charge in [0.2, 0.25) is 0 Å². The Kier molecular flexibility index (Phi) is 5.76. The summed E-state index contributed by atoms with van der Waals surface area (Å²) in [6.45, 7) is 6.18. The highest BCUT2D eigenvalue weighted by Gasteiger charge is 2.21. The van der Waals surface area contributed by atoms with E-state index in [2.05, 4.69) is 20.7 Å². The van der Waals surface area contributed by atoms with E-state index in [1.54, 1.807) is 28.9 Å². The predicted octanol–water partition coefficient (Wildman–Crippen LogP) is 4.66. The van der Waals surface area contributed by atoms with Crippen molar-refractivity contribution in [2.75, 3.05) is 5.32 Å². The van der Waals surface area contributed by atoms with E-state index in [9.17, 15) is 9.59 Å². The number of anilines is 1. The Morgan fingerprint density at radius 1 is 1.06 bits per heavy atom. The normalized spacial score (nSPS) is 11.0. The van der Waals surface area contributed by atoms with Gasteiger partial charge in [0.05, 0.1) is 11.4 Å². The van der Waals surface area contributed by atoms with Gasteiger partial charge in [0.1, 0.15) is 5.69 Å². The Morgan fingerprint density at radius 2 is 1.78 bits per heavy atom. The molecule has 0 bridgehead atoms. The number of benzene rings is 2. The highest BCUT2D eigenvalue weighted by atomic mass is 35.5. The molecule has 0 saturated carbocycles. The molecule has 0 saturated heterocycles. The average molecular weight is 450 g/mol. The lowest BCUT2D eigenvalue weighted by molar-refractivity contribution is 0.0947. The topological polar surface area (TPSA) is 91.8 Å². The van der Waals surface area contributed by atoms with Crippen LogP contribution in [0.3, 0.4) is 0 Å². The third-order valence-electron chi connectivity index (χ3n) is 5.61. The number of hydrogen-bond donors (Lipinski definition) is 3. The largest absolute Gasteiger partial charge is 0.349 e. The number of aromatic amines is 1. The Balaban J connectivity index is 1.66. The maximum absolute atomic E-state index is 13.1. The zero-order chi connectivity index (χ0) is 23.0. The van der Waals surface area contributed by atoms with Crippen molar-refractivity contribution >= 4 is 40.0 Å². The van der Waals surface area contributed by atoms with Crippen molar-refractivity contribution in [3.05, 3.63) is 81.3 Å². The number of amides is 2. The van der Waals surface area contributed by atoms with Gasteiger partial charge in [-0.25, -0.2) is 0 Å². The lowest BCUT2D eigenvalue weighted by atomic mass is 10.1. The molecule has 0 fully saturated rings. The van der Waals surface area contributed by atoms with Crippen LogP contribution < -0.4 is 10.6 Å². The van der Waals surface area contributed by atoms with E-state index in [4.69, 9.17) is 11.6 Å². The van der Waals surface area contributed by atoms with Gasteiger partial charge in [-0.3, -0.25) is 14.3 Å². The third kappa shape index (κ3) is 4.11. The number of H-pyrrole nitrogens is 1. The van der Waals surface area contributed by atoms with E-state index < -0.39 is 0 Å². The molecule has 2 aromatic carbocycles. The summed E-state index contributed by atoms with van der Waals surface area (Å²) in [5.41, 5.74) is 5.81. The molecular weight excluding hydrogens is 426 g/mol. The standard InChI is InChI=1S/C24H24ClN5O2/c1-13-5-10-20-18(11-13)21(28-23(31)16-6-8-17(25)9-7-16)22(27-20)24(32)26-12-19-14(2)29-30(4)15(19)3/h5-11,27H,12H2,1-4H3,(H,26,32)(H,28,31). The average Bonchev–Trinajstić information content (AvgIpc) is 3.23. The van der Waals surface area contributed by atoms with Crippen LogP contribution in [0.4, 0.5) is 5.69 Å². The number of hydrogen-bond acceptors (Lipinski definition) is 3. The second-order valence-electron chi connectivity index (χ2n) is 7.84. The first kappa shape index (κ1) is 21.6. The molecule has 164 valence electrons. The minimum Gasteiger partial charge on any atom is -0.349 e. The second-order valence-corrected chi connectivity index (χ2v) is 8.28. The molecule has 4 aromatic rings. The number of aryl methyl sites for hydroxylation is 3. The van der Waals surface area contributed by atoms with Gasteiger partial charge in [0, 0.05) is 46.3 Å². The fourth-order valence-corrected chi connectivity index (χ4v) is 3.85. The Bertz CT molecular complexity index is 1330. The number of rotatable bonds is 5. The molecule has 7 nitrogen and oxygen atoms in total. The van der Waals surface area contributed by atoms with Gasteiger partial charge >= 0.3 is 0 Å². The summed E-state index contributed by atoms with van der Waals surface area (Å²) in [6, 6.07) is 12.4. The van der Waals surface area contributed by atoms with Gasteiger partial charge < -0.3 is 15.6 Å². The van der Waals surface area contributed by atoms with Gasteiger partial charge in [-0.15, -0.1) is 0 Å². The summed E-state index contributed by atoms with van der Waals surface area (Å²) in [7, 11) is 1.87. The molecular formula is C24H24ClN5O2. The summed E-state index contributed by atoms with van der Waals surface area (Å²) in [4.78, 5) is 29.2. The summed E-state index contributed by atoms with van der Waals surface area (Å²) >= 11 is 5.93. The molecule has 0 spiro atoms. The van der Waals surface area contributed by atoms with Crippen LogP contribution >= 0.6 is 11.6 Å². The Hall–Kier alpha value is -3.58. The first-order valence-electron chi connectivity index (χ1n) is 10.2. The van der Waals surface area contributed by atoms with E-state index in [1.807, 2.05) is 46.0 Å².